The van der Waals surface area contributed by atoms with Gasteiger partial charge in [-0.15, -0.1) is 0 Å². The van der Waals surface area contributed by atoms with Gasteiger partial charge < -0.3 is 14.8 Å². The fourth-order valence-corrected chi connectivity index (χ4v) is 5.56. The highest BCUT2D eigenvalue weighted by atomic mass is 16.2. The van der Waals surface area contributed by atoms with Crippen LogP contribution >= 0.6 is 0 Å². The van der Waals surface area contributed by atoms with E-state index >= 15 is 0 Å². The van der Waals surface area contributed by atoms with Crippen LogP contribution in [0.2, 0.25) is 0 Å². The Bertz CT molecular complexity index is 1160. The SMILES string of the molecule is Cc1cccc(CN2CCN(C(=O)c3cn(CC4CCCCC4)cc(C(=O)NC4CC4)c3=O)CC2)c1. The van der Waals surface area contributed by atoms with Crippen molar-refractivity contribution in [1.82, 2.24) is 19.7 Å². The summed E-state index contributed by atoms with van der Waals surface area (Å²) >= 11 is 0. The van der Waals surface area contributed by atoms with Crippen LogP contribution in [0.5, 0.6) is 0 Å². The predicted molar refractivity (Wildman–Crippen MR) is 140 cm³/mol. The topological polar surface area (TPSA) is 74.7 Å². The summed E-state index contributed by atoms with van der Waals surface area (Å²) in [4.78, 5) is 43.9. The maximum absolute atomic E-state index is 13.5. The summed E-state index contributed by atoms with van der Waals surface area (Å²) in [6.07, 6.45) is 11.3. The van der Waals surface area contributed by atoms with Crippen molar-refractivity contribution in [2.45, 2.75) is 71.0 Å². The van der Waals surface area contributed by atoms with Crippen LogP contribution in [0.3, 0.4) is 0 Å². The van der Waals surface area contributed by atoms with Gasteiger partial charge in [0, 0.05) is 57.7 Å². The number of aryl methyl sites for hydroxylation is 1. The van der Waals surface area contributed by atoms with Crippen LogP contribution in [0.25, 0.3) is 0 Å². The quantitative estimate of drug-likeness (QED) is 0.644. The Hall–Kier alpha value is -2.93. The number of hydrogen-bond donors (Lipinski definition) is 1. The van der Waals surface area contributed by atoms with Gasteiger partial charge in [0.1, 0.15) is 11.1 Å². The third-order valence-corrected chi connectivity index (χ3v) is 7.81. The normalized spacial score (nSPS) is 19.3. The summed E-state index contributed by atoms with van der Waals surface area (Å²) in [6, 6.07) is 8.67. The van der Waals surface area contributed by atoms with Gasteiger partial charge in [-0.2, -0.15) is 0 Å². The highest BCUT2D eigenvalue weighted by Gasteiger charge is 2.29. The maximum atomic E-state index is 13.5. The van der Waals surface area contributed by atoms with E-state index in [1.165, 1.54) is 30.4 Å². The fraction of sp³-hybridized carbons (Fsp3) is 0.552. The molecule has 36 heavy (non-hydrogen) atoms. The van der Waals surface area contributed by atoms with Crippen molar-refractivity contribution in [1.29, 1.82) is 0 Å². The molecule has 7 nitrogen and oxygen atoms in total. The summed E-state index contributed by atoms with van der Waals surface area (Å²) in [7, 11) is 0. The Labute approximate surface area is 213 Å². The molecule has 0 radical (unpaired) electrons. The highest BCUT2D eigenvalue weighted by Crippen LogP contribution is 2.25. The van der Waals surface area contributed by atoms with Crippen LogP contribution in [0, 0.1) is 12.8 Å². The minimum atomic E-state index is -0.444. The first-order valence-electron chi connectivity index (χ1n) is 13.6. The lowest BCUT2D eigenvalue weighted by Crippen LogP contribution is -2.49. The molecule has 7 heteroatoms. The van der Waals surface area contributed by atoms with Crippen LogP contribution in [-0.2, 0) is 13.1 Å². The van der Waals surface area contributed by atoms with Crippen LogP contribution in [0.15, 0.2) is 41.5 Å². The van der Waals surface area contributed by atoms with E-state index in [4.69, 9.17) is 0 Å². The second kappa shape index (κ2) is 11.0. The molecule has 2 aliphatic carbocycles. The molecule has 2 aromatic rings. The van der Waals surface area contributed by atoms with Gasteiger partial charge in [0.2, 0.25) is 5.43 Å². The average molecular weight is 491 g/mol. The molecule has 1 saturated heterocycles. The molecule has 2 amide bonds. The zero-order chi connectivity index (χ0) is 25.1. The minimum absolute atomic E-state index is 0.0987. The Morgan fingerprint density at radius 1 is 0.944 bits per heavy atom. The Morgan fingerprint density at radius 3 is 2.36 bits per heavy atom. The van der Waals surface area contributed by atoms with Crippen LogP contribution < -0.4 is 10.7 Å². The highest BCUT2D eigenvalue weighted by molar-refractivity contribution is 5.99. The summed E-state index contributed by atoms with van der Waals surface area (Å²) < 4.78 is 1.93. The smallest absolute Gasteiger partial charge is 0.259 e. The number of amides is 2. The molecule has 1 aromatic carbocycles. The van der Waals surface area contributed by atoms with Crippen molar-refractivity contribution in [3.63, 3.8) is 0 Å². The Kier molecular flexibility index (Phi) is 7.56. The van der Waals surface area contributed by atoms with E-state index in [-0.39, 0.29) is 29.0 Å². The van der Waals surface area contributed by atoms with Gasteiger partial charge in [-0.1, -0.05) is 49.1 Å². The number of pyridine rings is 1. The molecule has 1 aliphatic heterocycles. The first kappa shape index (κ1) is 24.8. The van der Waals surface area contributed by atoms with Crippen molar-refractivity contribution in [3.8, 4) is 0 Å². The average Bonchev–Trinajstić information content (AvgIpc) is 3.70. The zero-order valence-corrected chi connectivity index (χ0v) is 21.4. The zero-order valence-electron chi connectivity index (χ0n) is 21.4. The molecule has 1 N–H and O–H groups in total. The van der Waals surface area contributed by atoms with Crippen LogP contribution in [0.4, 0.5) is 0 Å². The van der Waals surface area contributed by atoms with Crippen molar-refractivity contribution in [2.75, 3.05) is 26.2 Å². The van der Waals surface area contributed by atoms with Gasteiger partial charge in [-0.05, 0) is 44.1 Å². The van der Waals surface area contributed by atoms with Crippen molar-refractivity contribution < 1.29 is 9.59 Å². The van der Waals surface area contributed by atoms with Gasteiger partial charge in [-0.3, -0.25) is 19.3 Å². The molecule has 3 fully saturated rings. The van der Waals surface area contributed by atoms with Crippen molar-refractivity contribution >= 4 is 11.8 Å². The second-order valence-corrected chi connectivity index (χ2v) is 10.9. The first-order chi connectivity index (χ1) is 17.5. The van der Waals surface area contributed by atoms with E-state index in [2.05, 4.69) is 41.4 Å². The standard InChI is InChI=1S/C29H38N4O3/c1-21-6-5-9-23(16-21)18-31-12-14-33(15-13-31)29(36)26-20-32(17-22-7-3-2-4-8-22)19-25(27(26)34)28(35)30-24-10-11-24/h5-6,9,16,19-20,22,24H,2-4,7-8,10-15,17-18H2,1H3,(H,30,35). The van der Waals surface area contributed by atoms with E-state index in [0.29, 0.717) is 19.0 Å². The molecule has 5 rings (SSSR count). The monoisotopic (exact) mass is 490 g/mol. The molecule has 2 heterocycles. The van der Waals surface area contributed by atoms with Gasteiger partial charge in [0.25, 0.3) is 11.8 Å². The summed E-state index contributed by atoms with van der Waals surface area (Å²) in [5.41, 5.74) is 2.30. The largest absolute Gasteiger partial charge is 0.352 e. The molecule has 0 bridgehead atoms. The number of carbonyl (C=O) groups excluding carboxylic acids is 2. The third-order valence-electron chi connectivity index (χ3n) is 7.81. The molecular weight excluding hydrogens is 452 g/mol. The molecular formula is C29H38N4O3. The second-order valence-electron chi connectivity index (χ2n) is 10.9. The lowest BCUT2D eigenvalue weighted by molar-refractivity contribution is 0.0626. The van der Waals surface area contributed by atoms with Gasteiger partial charge in [-0.25, -0.2) is 0 Å². The summed E-state index contributed by atoms with van der Waals surface area (Å²) in [6.45, 7) is 6.37. The first-order valence-corrected chi connectivity index (χ1v) is 13.6. The number of benzene rings is 1. The molecule has 192 valence electrons. The van der Waals surface area contributed by atoms with Gasteiger partial charge in [0.15, 0.2) is 0 Å². The number of hydrogen-bond acceptors (Lipinski definition) is 4. The Morgan fingerprint density at radius 2 is 1.67 bits per heavy atom. The summed E-state index contributed by atoms with van der Waals surface area (Å²) in [5.74, 6) is -0.0834. The number of nitrogens with one attached hydrogen (secondary N) is 1. The van der Waals surface area contributed by atoms with E-state index < -0.39 is 5.43 Å². The van der Waals surface area contributed by atoms with Crippen molar-refractivity contribution in [2.24, 2.45) is 5.92 Å². The summed E-state index contributed by atoms with van der Waals surface area (Å²) in [5, 5.41) is 2.94. The van der Waals surface area contributed by atoms with E-state index in [9.17, 15) is 14.4 Å². The number of aromatic nitrogens is 1. The lowest BCUT2D eigenvalue weighted by atomic mass is 9.89. The molecule has 0 unspecified atom stereocenters. The maximum Gasteiger partial charge on any atom is 0.259 e. The van der Waals surface area contributed by atoms with E-state index in [0.717, 1.165) is 51.9 Å². The van der Waals surface area contributed by atoms with E-state index in [1.54, 1.807) is 17.3 Å². The van der Waals surface area contributed by atoms with Crippen molar-refractivity contribution in [3.05, 3.63) is 69.1 Å². The Balaban J connectivity index is 1.31. The van der Waals surface area contributed by atoms with Crippen LogP contribution in [-0.4, -0.2) is 58.4 Å². The van der Waals surface area contributed by atoms with Gasteiger partial charge >= 0.3 is 0 Å². The number of nitrogens with zero attached hydrogens (tertiary/aromatic N) is 3. The fourth-order valence-electron chi connectivity index (χ4n) is 5.56. The predicted octanol–water partition coefficient (Wildman–Crippen LogP) is 3.59. The molecule has 1 aromatic heterocycles. The molecule has 0 spiro atoms. The van der Waals surface area contributed by atoms with Crippen LogP contribution in [0.1, 0.15) is 76.8 Å². The lowest BCUT2D eigenvalue weighted by Gasteiger charge is -2.35. The molecule has 0 atom stereocenters. The van der Waals surface area contributed by atoms with E-state index in [1.807, 2.05) is 4.57 Å². The number of piperazine rings is 1. The van der Waals surface area contributed by atoms with Gasteiger partial charge in [0.05, 0.1) is 0 Å². The molecule has 3 aliphatic rings. The number of rotatable bonds is 7. The molecule has 2 saturated carbocycles. The third kappa shape index (κ3) is 6.06. The number of carbonyl (C=O) groups is 2. The minimum Gasteiger partial charge on any atom is -0.352 e.